The number of benzene rings is 1. The van der Waals surface area contributed by atoms with E-state index < -0.39 is 0 Å². The molecule has 0 fully saturated rings. The largest absolute Gasteiger partial charge is 0.399 e. The van der Waals surface area contributed by atoms with Crippen LogP contribution >= 0.6 is 15.9 Å². The number of anilines is 1. The van der Waals surface area contributed by atoms with Gasteiger partial charge in [0.25, 0.3) is 0 Å². The molecule has 0 radical (unpaired) electrons. The molecule has 14 heavy (non-hydrogen) atoms. The lowest BCUT2D eigenvalue weighted by atomic mass is 10.2. The van der Waals surface area contributed by atoms with Crippen molar-refractivity contribution < 1.29 is 4.74 Å². The molecule has 2 N–H and O–H groups in total. The molecule has 0 unspecified atom stereocenters. The smallest absolute Gasteiger partial charge is 0.0727 e. The Balaban J connectivity index is 2.51. The summed E-state index contributed by atoms with van der Waals surface area (Å²) in [6, 6.07) is 5.77. The van der Waals surface area contributed by atoms with Crippen molar-refractivity contribution in [2.75, 3.05) is 12.3 Å². The van der Waals surface area contributed by atoms with E-state index in [0.717, 1.165) is 22.3 Å². The average molecular weight is 258 g/mol. The molecule has 0 amide bonds. The van der Waals surface area contributed by atoms with Crippen LogP contribution in [0.2, 0.25) is 0 Å². The molecule has 0 saturated heterocycles. The Morgan fingerprint density at radius 1 is 1.43 bits per heavy atom. The quantitative estimate of drug-likeness (QED) is 0.841. The number of hydrogen-bond acceptors (Lipinski definition) is 2. The van der Waals surface area contributed by atoms with Crippen LogP contribution in [-0.2, 0) is 11.3 Å². The predicted molar refractivity (Wildman–Crippen MR) is 63.0 cm³/mol. The van der Waals surface area contributed by atoms with E-state index in [1.807, 2.05) is 18.2 Å². The Morgan fingerprint density at radius 2 is 2.14 bits per heavy atom. The molecule has 0 heterocycles. The van der Waals surface area contributed by atoms with Crippen molar-refractivity contribution in [1.29, 1.82) is 0 Å². The Hall–Kier alpha value is -0.540. The summed E-state index contributed by atoms with van der Waals surface area (Å²) < 4.78 is 6.55. The summed E-state index contributed by atoms with van der Waals surface area (Å²) in [5.74, 6) is 0.572. The van der Waals surface area contributed by atoms with Crippen LogP contribution in [0.1, 0.15) is 19.4 Å². The standard InChI is InChI=1S/C11H16BrNO/c1-8(2)6-14-7-9-3-4-10(13)5-11(9)12/h3-5,8H,6-7,13H2,1-2H3. The van der Waals surface area contributed by atoms with Crippen molar-refractivity contribution in [3.8, 4) is 0 Å². The number of ether oxygens (including phenoxy) is 1. The van der Waals surface area contributed by atoms with Crippen LogP contribution in [0.4, 0.5) is 5.69 Å². The number of nitrogens with two attached hydrogens (primary N) is 1. The van der Waals surface area contributed by atoms with Gasteiger partial charge in [-0.1, -0.05) is 35.8 Å². The fourth-order valence-electron chi connectivity index (χ4n) is 1.09. The normalized spacial score (nSPS) is 10.9. The van der Waals surface area contributed by atoms with Crippen LogP contribution in [0, 0.1) is 5.92 Å². The minimum Gasteiger partial charge on any atom is -0.399 e. The summed E-state index contributed by atoms with van der Waals surface area (Å²) in [5.41, 5.74) is 7.54. The van der Waals surface area contributed by atoms with E-state index in [0.29, 0.717) is 12.5 Å². The van der Waals surface area contributed by atoms with Crippen LogP contribution in [0.15, 0.2) is 22.7 Å². The third kappa shape index (κ3) is 3.68. The van der Waals surface area contributed by atoms with E-state index in [2.05, 4.69) is 29.8 Å². The van der Waals surface area contributed by atoms with Gasteiger partial charge in [-0.25, -0.2) is 0 Å². The molecule has 0 bridgehead atoms. The first-order chi connectivity index (χ1) is 6.59. The lowest BCUT2D eigenvalue weighted by Crippen LogP contribution is -2.02. The van der Waals surface area contributed by atoms with Gasteiger partial charge >= 0.3 is 0 Å². The van der Waals surface area contributed by atoms with E-state index in [1.165, 1.54) is 0 Å². The molecular formula is C11H16BrNO. The van der Waals surface area contributed by atoms with Gasteiger partial charge in [0.1, 0.15) is 0 Å². The minimum atomic E-state index is 0.572. The molecule has 0 aliphatic rings. The number of rotatable bonds is 4. The van der Waals surface area contributed by atoms with Gasteiger partial charge in [0.05, 0.1) is 6.61 Å². The minimum absolute atomic E-state index is 0.572. The molecule has 0 atom stereocenters. The van der Waals surface area contributed by atoms with Crippen LogP contribution < -0.4 is 5.73 Å². The van der Waals surface area contributed by atoms with Crippen molar-refractivity contribution in [3.63, 3.8) is 0 Å². The van der Waals surface area contributed by atoms with Gasteiger partial charge in [0.15, 0.2) is 0 Å². The molecule has 0 saturated carbocycles. The zero-order valence-corrected chi connectivity index (χ0v) is 10.2. The maximum absolute atomic E-state index is 5.63. The Kier molecular flexibility index (Phi) is 4.42. The highest BCUT2D eigenvalue weighted by Gasteiger charge is 2.01. The van der Waals surface area contributed by atoms with E-state index >= 15 is 0 Å². The topological polar surface area (TPSA) is 35.2 Å². The summed E-state index contributed by atoms with van der Waals surface area (Å²) in [5, 5.41) is 0. The lowest BCUT2D eigenvalue weighted by molar-refractivity contribution is 0.0967. The average Bonchev–Trinajstić information content (AvgIpc) is 2.08. The van der Waals surface area contributed by atoms with Gasteiger partial charge < -0.3 is 10.5 Å². The van der Waals surface area contributed by atoms with E-state index in [1.54, 1.807) is 0 Å². The third-order valence-corrected chi connectivity index (χ3v) is 2.52. The zero-order chi connectivity index (χ0) is 10.6. The van der Waals surface area contributed by atoms with Gasteiger partial charge in [-0.2, -0.15) is 0 Å². The van der Waals surface area contributed by atoms with Crippen molar-refractivity contribution in [3.05, 3.63) is 28.2 Å². The van der Waals surface area contributed by atoms with Gasteiger partial charge in [0, 0.05) is 16.8 Å². The highest BCUT2D eigenvalue weighted by atomic mass is 79.9. The molecule has 2 nitrogen and oxygen atoms in total. The number of hydrogen-bond donors (Lipinski definition) is 1. The summed E-state index contributed by atoms with van der Waals surface area (Å²) in [6.07, 6.45) is 0. The number of nitrogen functional groups attached to an aromatic ring is 1. The van der Waals surface area contributed by atoms with E-state index in [4.69, 9.17) is 10.5 Å². The van der Waals surface area contributed by atoms with Crippen LogP contribution in [0.5, 0.6) is 0 Å². The first kappa shape index (κ1) is 11.5. The zero-order valence-electron chi connectivity index (χ0n) is 8.59. The van der Waals surface area contributed by atoms with Crippen molar-refractivity contribution in [2.24, 2.45) is 5.92 Å². The second kappa shape index (κ2) is 5.37. The summed E-state index contributed by atoms with van der Waals surface area (Å²) in [4.78, 5) is 0. The van der Waals surface area contributed by atoms with Crippen molar-refractivity contribution in [1.82, 2.24) is 0 Å². The fourth-order valence-corrected chi connectivity index (χ4v) is 1.60. The van der Waals surface area contributed by atoms with Crippen LogP contribution in [0.3, 0.4) is 0 Å². The van der Waals surface area contributed by atoms with Gasteiger partial charge in [0.2, 0.25) is 0 Å². The first-order valence-corrected chi connectivity index (χ1v) is 5.50. The van der Waals surface area contributed by atoms with Crippen molar-refractivity contribution in [2.45, 2.75) is 20.5 Å². The number of halogens is 1. The Bertz CT molecular complexity index is 299. The second-order valence-corrected chi connectivity index (χ2v) is 4.61. The monoisotopic (exact) mass is 257 g/mol. The highest BCUT2D eigenvalue weighted by Crippen LogP contribution is 2.20. The molecule has 0 spiro atoms. The van der Waals surface area contributed by atoms with Gasteiger partial charge in [-0.05, 0) is 23.6 Å². The van der Waals surface area contributed by atoms with Crippen LogP contribution in [0.25, 0.3) is 0 Å². The molecule has 0 aliphatic heterocycles. The Labute approximate surface area is 93.6 Å². The summed E-state index contributed by atoms with van der Waals surface area (Å²) in [6.45, 7) is 5.70. The lowest BCUT2D eigenvalue weighted by Gasteiger charge is -2.08. The predicted octanol–water partition coefficient (Wildman–Crippen LogP) is 3.20. The SMILES string of the molecule is CC(C)COCc1ccc(N)cc1Br. The molecule has 0 aromatic heterocycles. The first-order valence-electron chi connectivity index (χ1n) is 4.71. The van der Waals surface area contributed by atoms with Crippen molar-refractivity contribution >= 4 is 21.6 Å². The molecule has 0 aliphatic carbocycles. The maximum atomic E-state index is 5.63. The molecular weight excluding hydrogens is 242 g/mol. The third-order valence-electron chi connectivity index (χ3n) is 1.79. The second-order valence-electron chi connectivity index (χ2n) is 3.76. The van der Waals surface area contributed by atoms with E-state index in [-0.39, 0.29) is 0 Å². The molecule has 1 aromatic rings. The Morgan fingerprint density at radius 3 is 2.71 bits per heavy atom. The highest BCUT2D eigenvalue weighted by molar-refractivity contribution is 9.10. The molecule has 3 heteroatoms. The summed E-state index contributed by atoms with van der Waals surface area (Å²) in [7, 11) is 0. The van der Waals surface area contributed by atoms with Gasteiger partial charge in [-0.15, -0.1) is 0 Å². The van der Waals surface area contributed by atoms with Crippen LogP contribution in [-0.4, -0.2) is 6.61 Å². The maximum Gasteiger partial charge on any atom is 0.0727 e. The summed E-state index contributed by atoms with van der Waals surface area (Å²) >= 11 is 3.45. The molecule has 1 rings (SSSR count). The molecule has 78 valence electrons. The fraction of sp³-hybridized carbons (Fsp3) is 0.455. The van der Waals surface area contributed by atoms with E-state index in [9.17, 15) is 0 Å². The van der Waals surface area contributed by atoms with Gasteiger partial charge in [-0.3, -0.25) is 0 Å². The molecule has 1 aromatic carbocycles.